The highest BCUT2D eigenvalue weighted by Crippen LogP contribution is 2.23. The molecule has 0 radical (unpaired) electrons. The normalized spacial score (nSPS) is 23.1. The first-order valence-electron chi connectivity index (χ1n) is 6.59. The van der Waals surface area contributed by atoms with Crippen molar-refractivity contribution in [3.8, 4) is 11.9 Å². The quantitative estimate of drug-likeness (QED) is 0.864. The fourth-order valence-electron chi connectivity index (χ4n) is 2.08. The van der Waals surface area contributed by atoms with Crippen molar-refractivity contribution in [3.63, 3.8) is 0 Å². The van der Waals surface area contributed by atoms with Crippen molar-refractivity contribution >= 4 is 0 Å². The number of ether oxygens (including phenoxy) is 2. The molecule has 0 amide bonds. The maximum absolute atomic E-state index is 5.97. The van der Waals surface area contributed by atoms with E-state index in [0.717, 1.165) is 31.4 Å². The van der Waals surface area contributed by atoms with Crippen molar-refractivity contribution < 1.29 is 9.47 Å². The lowest BCUT2D eigenvalue weighted by Gasteiger charge is -2.16. The van der Waals surface area contributed by atoms with Crippen LogP contribution in [0, 0.1) is 6.92 Å². The minimum absolute atomic E-state index is 0.0332. The van der Waals surface area contributed by atoms with E-state index in [4.69, 9.17) is 15.2 Å². The van der Waals surface area contributed by atoms with E-state index >= 15 is 0 Å². The van der Waals surface area contributed by atoms with Gasteiger partial charge in [-0.05, 0) is 32.6 Å². The molecule has 1 heterocycles. The fraction of sp³-hybridized carbons (Fsp3) is 0.692. The van der Waals surface area contributed by atoms with E-state index in [0.29, 0.717) is 18.5 Å². The van der Waals surface area contributed by atoms with E-state index in [1.54, 1.807) is 0 Å². The van der Waals surface area contributed by atoms with Gasteiger partial charge in [-0.1, -0.05) is 6.92 Å². The highest BCUT2D eigenvalue weighted by Gasteiger charge is 2.26. The van der Waals surface area contributed by atoms with E-state index in [2.05, 4.69) is 16.9 Å². The molecule has 2 N–H and O–H groups in total. The number of hydrogen-bond acceptors (Lipinski definition) is 5. The molecule has 1 saturated carbocycles. The van der Waals surface area contributed by atoms with E-state index in [1.807, 2.05) is 13.0 Å². The molecule has 0 bridgehead atoms. The lowest BCUT2D eigenvalue weighted by Crippen LogP contribution is -2.34. The Hall–Kier alpha value is -1.36. The van der Waals surface area contributed by atoms with Gasteiger partial charge in [0.15, 0.2) is 0 Å². The van der Waals surface area contributed by atoms with Crippen LogP contribution in [0.1, 0.15) is 38.3 Å². The topological polar surface area (TPSA) is 70.3 Å². The molecule has 0 aromatic carbocycles. The van der Waals surface area contributed by atoms with E-state index in [-0.39, 0.29) is 12.1 Å². The summed E-state index contributed by atoms with van der Waals surface area (Å²) in [5.74, 6) is 0.575. The predicted molar refractivity (Wildman–Crippen MR) is 68.8 cm³/mol. The Labute approximate surface area is 108 Å². The third-order valence-electron chi connectivity index (χ3n) is 3.02. The monoisotopic (exact) mass is 251 g/mol. The summed E-state index contributed by atoms with van der Waals surface area (Å²) < 4.78 is 11.3. The molecule has 1 aliphatic carbocycles. The Morgan fingerprint density at radius 1 is 1.39 bits per heavy atom. The Kier molecular flexibility index (Phi) is 4.36. The van der Waals surface area contributed by atoms with Gasteiger partial charge in [-0.3, -0.25) is 0 Å². The molecule has 18 heavy (non-hydrogen) atoms. The summed E-state index contributed by atoms with van der Waals surface area (Å²) in [5, 5.41) is 0. The molecule has 0 aliphatic heterocycles. The van der Waals surface area contributed by atoms with Crippen molar-refractivity contribution in [1.29, 1.82) is 0 Å². The molecule has 2 atom stereocenters. The maximum atomic E-state index is 5.97. The number of nitrogens with zero attached hydrogens (tertiary/aromatic N) is 2. The standard InChI is InChI=1S/C13H21N3O2/c1-3-7-17-12-8-9(2)15-13(16-12)18-11-6-4-5-10(11)14/h8,10-11H,3-7,14H2,1-2H3. The van der Waals surface area contributed by atoms with Gasteiger partial charge < -0.3 is 15.2 Å². The van der Waals surface area contributed by atoms with Crippen molar-refractivity contribution in [2.24, 2.45) is 5.73 Å². The second-order valence-electron chi connectivity index (χ2n) is 4.73. The minimum atomic E-state index is 0.0332. The molecule has 100 valence electrons. The molecule has 1 aromatic rings. The lowest BCUT2D eigenvalue weighted by molar-refractivity contribution is 0.171. The van der Waals surface area contributed by atoms with Crippen LogP contribution >= 0.6 is 0 Å². The number of aromatic nitrogens is 2. The summed E-state index contributed by atoms with van der Waals surface area (Å²) >= 11 is 0. The molecule has 1 fully saturated rings. The summed E-state index contributed by atoms with van der Waals surface area (Å²) in [5.41, 5.74) is 6.82. The van der Waals surface area contributed by atoms with Crippen molar-refractivity contribution in [3.05, 3.63) is 11.8 Å². The summed E-state index contributed by atoms with van der Waals surface area (Å²) in [6, 6.07) is 2.29. The maximum Gasteiger partial charge on any atom is 0.320 e. The average Bonchev–Trinajstić information content (AvgIpc) is 2.72. The van der Waals surface area contributed by atoms with E-state index in [1.165, 1.54) is 0 Å². The van der Waals surface area contributed by atoms with E-state index < -0.39 is 0 Å². The van der Waals surface area contributed by atoms with Gasteiger partial charge >= 0.3 is 6.01 Å². The SMILES string of the molecule is CCCOc1cc(C)nc(OC2CCCC2N)n1. The van der Waals surface area contributed by atoms with Crippen molar-refractivity contribution in [2.45, 2.75) is 51.7 Å². The van der Waals surface area contributed by atoms with Crippen molar-refractivity contribution in [1.82, 2.24) is 9.97 Å². The van der Waals surface area contributed by atoms with Gasteiger partial charge in [0, 0.05) is 17.8 Å². The largest absolute Gasteiger partial charge is 0.478 e. The molecule has 0 saturated heterocycles. The first-order valence-corrected chi connectivity index (χ1v) is 6.59. The van der Waals surface area contributed by atoms with Gasteiger partial charge in [0.2, 0.25) is 5.88 Å². The Bertz CT molecular complexity index is 398. The first-order chi connectivity index (χ1) is 8.69. The third-order valence-corrected chi connectivity index (χ3v) is 3.02. The van der Waals surface area contributed by atoms with Crippen LogP contribution in [-0.2, 0) is 0 Å². The van der Waals surface area contributed by atoms with Gasteiger partial charge in [-0.25, -0.2) is 4.98 Å². The van der Waals surface area contributed by atoms with E-state index in [9.17, 15) is 0 Å². The van der Waals surface area contributed by atoms with Gasteiger partial charge in [0.05, 0.1) is 6.61 Å². The molecule has 1 aromatic heterocycles. The van der Waals surface area contributed by atoms with Crippen LogP contribution < -0.4 is 15.2 Å². The zero-order valence-corrected chi connectivity index (χ0v) is 11.1. The van der Waals surface area contributed by atoms with Crippen LogP contribution in [0.2, 0.25) is 0 Å². The summed E-state index contributed by atoms with van der Waals surface area (Å²) in [6.45, 7) is 4.61. The molecule has 5 heteroatoms. The van der Waals surface area contributed by atoms with Crippen molar-refractivity contribution in [2.75, 3.05) is 6.61 Å². The third kappa shape index (κ3) is 3.32. The van der Waals surface area contributed by atoms with Crippen LogP contribution in [0.5, 0.6) is 11.9 Å². The number of nitrogens with two attached hydrogens (primary N) is 1. The molecular weight excluding hydrogens is 230 g/mol. The molecule has 0 spiro atoms. The van der Waals surface area contributed by atoms with Crippen LogP contribution in [0.3, 0.4) is 0 Å². The second-order valence-corrected chi connectivity index (χ2v) is 4.73. The minimum Gasteiger partial charge on any atom is -0.478 e. The Balaban J connectivity index is 2.05. The Morgan fingerprint density at radius 2 is 2.22 bits per heavy atom. The summed E-state index contributed by atoms with van der Waals surface area (Å²) in [6.07, 6.45) is 4.08. The van der Waals surface area contributed by atoms with Crippen LogP contribution in [0.25, 0.3) is 0 Å². The number of rotatable bonds is 5. The number of aryl methyl sites for hydroxylation is 1. The highest BCUT2D eigenvalue weighted by atomic mass is 16.5. The average molecular weight is 251 g/mol. The summed E-state index contributed by atoms with van der Waals surface area (Å²) in [4.78, 5) is 8.53. The van der Waals surface area contributed by atoms with Crippen LogP contribution in [-0.4, -0.2) is 28.7 Å². The molecule has 2 unspecified atom stereocenters. The molecule has 1 aliphatic rings. The van der Waals surface area contributed by atoms with Crippen LogP contribution in [0.4, 0.5) is 0 Å². The summed E-state index contributed by atoms with van der Waals surface area (Å²) in [7, 11) is 0. The molecular formula is C13H21N3O2. The van der Waals surface area contributed by atoms with Gasteiger partial charge in [-0.15, -0.1) is 0 Å². The highest BCUT2D eigenvalue weighted by molar-refractivity contribution is 5.17. The molecule has 2 rings (SSSR count). The zero-order chi connectivity index (χ0) is 13.0. The van der Waals surface area contributed by atoms with Gasteiger partial charge in [0.25, 0.3) is 0 Å². The predicted octanol–water partition coefficient (Wildman–Crippen LogP) is 1.83. The first kappa shape index (κ1) is 13.1. The van der Waals surface area contributed by atoms with Crippen LogP contribution in [0.15, 0.2) is 6.07 Å². The van der Waals surface area contributed by atoms with Gasteiger partial charge in [0.1, 0.15) is 6.10 Å². The number of hydrogen-bond donors (Lipinski definition) is 1. The second kappa shape index (κ2) is 6.00. The zero-order valence-electron chi connectivity index (χ0n) is 11.1. The fourth-order valence-corrected chi connectivity index (χ4v) is 2.08. The smallest absolute Gasteiger partial charge is 0.320 e. The van der Waals surface area contributed by atoms with Gasteiger partial charge in [-0.2, -0.15) is 4.98 Å². The Morgan fingerprint density at radius 3 is 2.89 bits per heavy atom. The molecule has 5 nitrogen and oxygen atoms in total. The lowest BCUT2D eigenvalue weighted by atomic mass is 10.2.